The van der Waals surface area contributed by atoms with Crippen LogP contribution in [-0.2, 0) is 6.61 Å². The number of benzene rings is 2. The molecule has 0 aromatic heterocycles. The molecule has 5 heteroatoms. The summed E-state index contributed by atoms with van der Waals surface area (Å²) >= 11 is 0. The third-order valence-corrected chi connectivity index (χ3v) is 2.84. The number of rotatable bonds is 5. The fourth-order valence-corrected chi connectivity index (χ4v) is 1.76. The number of nitrogen functional groups attached to an aromatic ring is 1. The van der Waals surface area contributed by atoms with Crippen LogP contribution in [0.5, 0.6) is 11.5 Å². The van der Waals surface area contributed by atoms with E-state index in [0.29, 0.717) is 29.4 Å². The van der Waals surface area contributed by atoms with E-state index in [1.54, 1.807) is 43.5 Å². The second-order valence-corrected chi connectivity index (χ2v) is 4.25. The molecule has 1 amide bonds. The summed E-state index contributed by atoms with van der Waals surface area (Å²) in [6, 6.07) is 12.1. The first-order valence-corrected chi connectivity index (χ1v) is 6.05. The van der Waals surface area contributed by atoms with E-state index in [4.69, 9.17) is 20.9 Å². The first-order valence-electron chi connectivity index (χ1n) is 6.05. The Morgan fingerprint density at radius 3 is 2.40 bits per heavy atom. The summed E-state index contributed by atoms with van der Waals surface area (Å²) < 4.78 is 10.7. The number of carbonyl (C=O) groups is 1. The van der Waals surface area contributed by atoms with Gasteiger partial charge in [-0.2, -0.15) is 0 Å². The van der Waals surface area contributed by atoms with Crippen LogP contribution in [0.15, 0.2) is 42.5 Å². The van der Waals surface area contributed by atoms with E-state index >= 15 is 0 Å². The van der Waals surface area contributed by atoms with Crippen LogP contribution in [0.25, 0.3) is 0 Å². The van der Waals surface area contributed by atoms with Gasteiger partial charge < -0.3 is 20.9 Å². The van der Waals surface area contributed by atoms with Gasteiger partial charge in [0, 0.05) is 5.56 Å². The Hall–Kier alpha value is -2.69. The fourth-order valence-electron chi connectivity index (χ4n) is 1.76. The SMILES string of the molecule is COc1ccc(COc2ccc(C(N)=O)cc2)cc1N. The molecule has 20 heavy (non-hydrogen) atoms. The Bertz CT molecular complexity index is 609. The molecule has 0 unspecified atom stereocenters. The predicted molar refractivity (Wildman–Crippen MR) is 76.7 cm³/mol. The number of methoxy groups -OCH3 is 1. The number of hydrogen-bond donors (Lipinski definition) is 2. The van der Waals surface area contributed by atoms with Crippen LogP contribution in [0.3, 0.4) is 0 Å². The Morgan fingerprint density at radius 1 is 1.15 bits per heavy atom. The van der Waals surface area contributed by atoms with Crippen molar-refractivity contribution < 1.29 is 14.3 Å². The van der Waals surface area contributed by atoms with E-state index < -0.39 is 5.91 Å². The largest absolute Gasteiger partial charge is 0.495 e. The summed E-state index contributed by atoms with van der Waals surface area (Å²) in [6.07, 6.45) is 0. The highest BCUT2D eigenvalue weighted by molar-refractivity contribution is 5.92. The van der Waals surface area contributed by atoms with Crippen molar-refractivity contribution in [3.63, 3.8) is 0 Å². The molecule has 2 rings (SSSR count). The molecule has 104 valence electrons. The minimum absolute atomic E-state index is 0.379. The summed E-state index contributed by atoms with van der Waals surface area (Å²) in [5.74, 6) is 0.837. The van der Waals surface area contributed by atoms with Gasteiger partial charge in [-0.15, -0.1) is 0 Å². The van der Waals surface area contributed by atoms with E-state index in [1.807, 2.05) is 6.07 Å². The molecular formula is C15H16N2O3. The van der Waals surface area contributed by atoms with Gasteiger partial charge in [0.2, 0.25) is 5.91 Å². The molecular weight excluding hydrogens is 256 g/mol. The zero-order chi connectivity index (χ0) is 14.5. The van der Waals surface area contributed by atoms with Gasteiger partial charge in [0.05, 0.1) is 12.8 Å². The highest BCUT2D eigenvalue weighted by Gasteiger charge is 2.03. The lowest BCUT2D eigenvalue weighted by molar-refractivity contribution is 0.100. The molecule has 0 atom stereocenters. The molecule has 2 aromatic rings. The molecule has 0 bridgehead atoms. The monoisotopic (exact) mass is 272 g/mol. The predicted octanol–water partition coefficient (Wildman–Crippen LogP) is 1.96. The van der Waals surface area contributed by atoms with Crippen LogP contribution >= 0.6 is 0 Å². The Balaban J connectivity index is 2.01. The van der Waals surface area contributed by atoms with Crippen molar-refractivity contribution >= 4 is 11.6 Å². The quantitative estimate of drug-likeness (QED) is 0.814. The molecule has 0 spiro atoms. The molecule has 0 radical (unpaired) electrons. The molecule has 0 aliphatic heterocycles. The molecule has 2 aromatic carbocycles. The minimum atomic E-state index is -0.459. The van der Waals surface area contributed by atoms with Gasteiger partial charge in [-0.05, 0) is 42.0 Å². The smallest absolute Gasteiger partial charge is 0.248 e. The summed E-state index contributed by atoms with van der Waals surface area (Å²) in [4.78, 5) is 10.9. The molecule has 0 heterocycles. The van der Waals surface area contributed by atoms with Gasteiger partial charge >= 0.3 is 0 Å². The van der Waals surface area contributed by atoms with E-state index in [1.165, 1.54) is 0 Å². The number of amides is 1. The first kappa shape index (κ1) is 13.7. The van der Waals surface area contributed by atoms with E-state index in [0.717, 1.165) is 5.56 Å². The maximum Gasteiger partial charge on any atom is 0.248 e. The minimum Gasteiger partial charge on any atom is -0.495 e. The average molecular weight is 272 g/mol. The van der Waals surface area contributed by atoms with Crippen molar-refractivity contribution in [2.24, 2.45) is 5.73 Å². The third-order valence-electron chi connectivity index (χ3n) is 2.84. The van der Waals surface area contributed by atoms with Crippen LogP contribution in [0.4, 0.5) is 5.69 Å². The molecule has 5 nitrogen and oxygen atoms in total. The van der Waals surface area contributed by atoms with Crippen LogP contribution in [0.1, 0.15) is 15.9 Å². The van der Waals surface area contributed by atoms with Gasteiger partial charge in [-0.3, -0.25) is 4.79 Å². The van der Waals surface area contributed by atoms with Crippen molar-refractivity contribution in [3.05, 3.63) is 53.6 Å². The lowest BCUT2D eigenvalue weighted by Crippen LogP contribution is -2.10. The number of carbonyl (C=O) groups excluding carboxylic acids is 1. The van der Waals surface area contributed by atoms with Gasteiger partial charge in [-0.1, -0.05) is 6.07 Å². The van der Waals surface area contributed by atoms with Gasteiger partial charge in [0.1, 0.15) is 18.1 Å². The molecule has 0 saturated carbocycles. The highest BCUT2D eigenvalue weighted by Crippen LogP contribution is 2.23. The lowest BCUT2D eigenvalue weighted by Gasteiger charge is -2.09. The van der Waals surface area contributed by atoms with Crippen molar-refractivity contribution in [2.75, 3.05) is 12.8 Å². The van der Waals surface area contributed by atoms with Gasteiger partial charge in [0.15, 0.2) is 0 Å². The molecule has 0 aliphatic rings. The van der Waals surface area contributed by atoms with E-state index in [2.05, 4.69) is 0 Å². The lowest BCUT2D eigenvalue weighted by atomic mass is 10.2. The van der Waals surface area contributed by atoms with Crippen LogP contribution < -0.4 is 20.9 Å². The summed E-state index contributed by atoms with van der Waals surface area (Å²) in [5.41, 5.74) is 12.9. The summed E-state index contributed by atoms with van der Waals surface area (Å²) in [6.45, 7) is 0.379. The average Bonchev–Trinajstić information content (AvgIpc) is 2.45. The van der Waals surface area contributed by atoms with Crippen molar-refractivity contribution in [1.82, 2.24) is 0 Å². The van der Waals surface area contributed by atoms with Crippen LogP contribution in [0, 0.1) is 0 Å². The standard InChI is InChI=1S/C15H16N2O3/c1-19-14-7-2-10(8-13(14)16)9-20-12-5-3-11(4-6-12)15(17)18/h2-8H,9,16H2,1H3,(H2,17,18). The number of anilines is 1. The Labute approximate surface area is 117 Å². The highest BCUT2D eigenvalue weighted by atomic mass is 16.5. The topological polar surface area (TPSA) is 87.6 Å². The van der Waals surface area contributed by atoms with Crippen molar-refractivity contribution in [3.8, 4) is 11.5 Å². The molecule has 4 N–H and O–H groups in total. The maximum atomic E-state index is 10.9. The number of hydrogen-bond acceptors (Lipinski definition) is 4. The van der Waals surface area contributed by atoms with Crippen LogP contribution in [0.2, 0.25) is 0 Å². The summed E-state index contributed by atoms with van der Waals surface area (Å²) in [5, 5.41) is 0. The Morgan fingerprint density at radius 2 is 1.85 bits per heavy atom. The fraction of sp³-hybridized carbons (Fsp3) is 0.133. The molecule has 0 fully saturated rings. The normalized spacial score (nSPS) is 10.1. The third kappa shape index (κ3) is 3.20. The van der Waals surface area contributed by atoms with E-state index in [-0.39, 0.29) is 0 Å². The van der Waals surface area contributed by atoms with E-state index in [9.17, 15) is 4.79 Å². The number of primary amides is 1. The number of ether oxygens (including phenoxy) is 2. The zero-order valence-electron chi connectivity index (χ0n) is 11.1. The van der Waals surface area contributed by atoms with Gasteiger partial charge in [-0.25, -0.2) is 0 Å². The summed E-state index contributed by atoms with van der Waals surface area (Å²) in [7, 11) is 1.57. The Kier molecular flexibility index (Phi) is 4.10. The maximum absolute atomic E-state index is 10.9. The molecule has 0 aliphatic carbocycles. The second kappa shape index (κ2) is 5.97. The number of nitrogens with two attached hydrogens (primary N) is 2. The van der Waals surface area contributed by atoms with Gasteiger partial charge in [0.25, 0.3) is 0 Å². The van der Waals surface area contributed by atoms with Crippen LogP contribution in [-0.4, -0.2) is 13.0 Å². The molecule has 0 saturated heterocycles. The first-order chi connectivity index (χ1) is 9.60. The second-order valence-electron chi connectivity index (χ2n) is 4.25. The van der Waals surface area contributed by atoms with Crippen molar-refractivity contribution in [2.45, 2.75) is 6.61 Å². The van der Waals surface area contributed by atoms with Crippen molar-refractivity contribution in [1.29, 1.82) is 0 Å². The zero-order valence-corrected chi connectivity index (χ0v) is 11.1.